The Bertz CT molecular complexity index is 830. The van der Waals surface area contributed by atoms with Gasteiger partial charge in [-0.1, -0.05) is 0 Å². The van der Waals surface area contributed by atoms with Crippen LogP contribution in [0.15, 0.2) is 23.1 Å². The van der Waals surface area contributed by atoms with Crippen molar-refractivity contribution in [1.29, 1.82) is 0 Å². The number of sulfonamides is 1. The molecule has 1 atom stereocenters. The molecule has 0 unspecified atom stereocenters. The normalized spacial score (nSPS) is 17.9. The van der Waals surface area contributed by atoms with Crippen molar-refractivity contribution in [3.05, 3.63) is 23.8 Å². The maximum absolute atomic E-state index is 12.5. The van der Waals surface area contributed by atoms with E-state index in [9.17, 15) is 18.0 Å². The Morgan fingerprint density at radius 2 is 1.93 bits per heavy atom. The molecule has 0 bridgehead atoms. The van der Waals surface area contributed by atoms with Crippen LogP contribution in [0.1, 0.15) is 43.0 Å². The first-order valence-electron chi connectivity index (χ1n) is 8.97. The van der Waals surface area contributed by atoms with Crippen molar-refractivity contribution >= 4 is 21.9 Å². The summed E-state index contributed by atoms with van der Waals surface area (Å²) in [5.41, 5.74) is 0.0370. The summed E-state index contributed by atoms with van der Waals surface area (Å²) < 4.78 is 37.6. The number of nitrogens with one attached hydrogen (secondary N) is 2. The number of hydrogen-bond acceptors (Lipinski definition) is 6. The molecule has 27 heavy (non-hydrogen) atoms. The number of benzene rings is 1. The molecule has 2 aliphatic carbocycles. The van der Waals surface area contributed by atoms with Crippen LogP contribution in [0.5, 0.6) is 5.75 Å². The number of ether oxygens (including phenoxy) is 2. The highest BCUT2D eigenvalue weighted by Gasteiger charge is 2.31. The third kappa shape index (κ3) is 5.20. The van der Waals surface area contributed by atoms with Crippen molar-refractivity contribution in [1.82, 2.24) is 10.0 Å². The maximum atomic E-state index is 12.5. The minimum absolute atomic E-state index is 0.0370. The van der Waals surface area contributed by atoms with Crippen LogP contribution in [0, 0.1) is 5.92 Å². The lowest BCUT2D eigenvalue weighted by Crippen LogP contribution is -2.37. The number of carbonyl (C=O) groups is 2. The van der Waals surface area contributed by atoms with Crippen LogP contribution >= 0.6 is 0 Å². The van der Waals surface area contributed by atoms with Crippen LogP contribution in [0.25, 0.3) is 0 Å². The highest BCUT2D eigenvalue weighted by Crippen LogP contribution is 2.32. The first kappa shape index (κ1) is 19.6. The Morgan fingerprint density at radius 1 is 1.22 bits per heavy atom. The molecule has 1 amide bonds. The quantitative estimate of drug-likeness (QED) is 0.607. The molecule has 2 saturated carbocycles. The maximum Gasteiger partial charge on any atom is 0.338 e. The minimum Gasteiger partial charge on any atom is -0.495 e. The van der Waals surface area contributed by atoms with Crippen LogP contribution in [-0.2, 0) is 19.6 Å². The Hall–Kier alpha value is -2.13. The number of amides is 1. The second-order valence-electron chi connectivity index (χ2n) is 7.03. The molecule has 0 radical (unpaired) electrons. The van der Waals surface area contributed by atoms with Gasteiger partial charge in [-0.05, 0) is 56.7 Å². The highest BCUT2D eigenvalue weighted by atomic mass is 32.2. The smallest absolute Gasteiger partial charge is 0.338 e. The molecule has 1 aromatic carbocycles. The number of methoxy groups -OCH3 is 1. The lowest BCUT2D eigenvalue weighted by atomic mass is 10.2. The molecule has 8 nitrogen and oxygen atoms in total. The summed E-state index contributed by atoms with van der Waals surface area (Å²) in [6.07, 6.45) is 3.77. The van der Waals surface area contributed by atoms with Crippen molar-refractivity contribution < 1.29 is 27.5 Å². The predicted molar refractivity (Wildman–Crippen MR) is 96.9 cm³/mol. The van der Waals surface area contributed by atoms with E-state index in [0.717, 1.165) is 25.7 Å². The SMILES string of the molecule is COc1ccc(C(=O)OCC(=O)N[C@H](C)C2CC2)cc1S(=O)(=O)NC1CC1. The van der Waals surface area contributed by atoms with E-state index in [1.165, 1.54) is 25.3 Å². The number of rotatable bonds is 9. The monoisotopic (exact) mass is 396 g/mol. The molecule has 2 fully saturated rings. The predicted octanol–water partition coefficient (Wildman–Crippen LogP) is 1.21. The Kier molecular flexibility index (Phi) is 5.71. The summed E-state index contributed by atoms with van der Waals surface area (Å²) >= 11 is 0. The molecule has 0 aliphatic heterocycles. The number of carbonyl (C=O) groups excluding carboxylic acids is 2. The molecule has 2 N–H and O–H groups in total. The first-order chi connectivity index (χ1) is 12.8. The average molecular weight is 396 g/mol. The summed E-state index contributed by atoms with van der Waals surface area (Å²) in [6, 6.07) is 3.99. The average Bonchev–Trinajstić information content (AvgIpc) is 3.52. The van der Waals surface area contributed by atoms with Gasteiger partial charge in [-0.2, -0.15) is 0 Å². The van der Waals surface area contributed by atoms with Crippen molar-refractivity contribution in [2.24, 2.45) is 5.92 Å². The van der Waals surface area contributed by atoms with Gasteiger partial charge in [0.1, 0.15) is 10.6 Å². The fraction of sp³-hybridized carbons (Fsp3) is 0.556. The van der Waals surface area contributed by atoms with Gasteiger partial charge < -0.3 is 14.8 Å². The van der Waals surface area contributed by atoms with E-state index in [-0.39, 0.29) is 34.2 Å². The van der Waals surface area contributed by atoms with Gasteiger partial charge in [-0.15, -0.1) is 0 Å². The van der Waals surface area contributed by atoms with Crippen molar-refractivity contribution in [3.8, 4) is 5.75 Å². The summed E-state index contributed by atoms with van der Waals surface area (Å²) in [6.45, 7) is 1.51. The van der Waals surface area contributed by atoms with E-state index >= 15 is 0 Å². The standard InChI is InChI=1S/C18H24N2O6S/c1-11(12-3-4-12)19-17(21)10-26-18(22)13-5-8-15(25-2)16(9-13)27(23,24)20-14-6-7-14/h5,8-9,11-12,14,20H,3-4,6-7,10H2,1-2H3,(H,19,21)/t11-/m1/s1. The Balaban J connectivity index is 1.65. The van der Waals surface area contributed by atoms with Crippen molar-refractivity contribution in [3.63, 3.8) is 0 Å². The van der Waals surface area contributed by atoms with Gasteiger partial charge in [0, 0.05) is 12.1 Å². The van der Waals surface area contributed by atoms with Gasteiger partial charge >= 0.3 is 5.97 Å². The third-order valence-corrected chi connectivity index (χ3v) is 6.18. The lowest BCUT2D eigenvalue weighted by Gasteiger charge is -2.14. The Labute approximate surface area is 158 Å². The number of hydrogen-bond donors (Lipinski definition) is 2. The fourth-order valence-electron chi connectivity index (χ4n) is 2.72. The highest BCUT2D eigenvalue weighted by molar-refractivity contribution is 7.89. The number of esters is 1. The van der Waals surface area contributed by atoms with Crippen LogP contribution in [-0.4, -0.2) is 46.1 Å². The van der Waals surface area contributed by atoms with E-state index in [2.05, 4.69) is 10.0 Å². The molecular weight excluding hydrogens is 372 g/mol. The molecule has 0 saturated heterocycles. The lowest BCUT2D eigenvalue weighted by molar-refractivity contribution is -0.124. The van der Waals surface area contributed by atoms with E-state index in [1.807, 2.05) is 6.92 Å². The van der Waals surface area contributed by atoms with E-state index < -0.39 is 22.6 Å². The molecule has 0 heterocycles. The topological polar surface area (TPSA) is 111 Å². The molecule has 0 spiro atoms. The van der Waals surface area contributed by atoms with E-state index in [4.69, 9.17) is 9.47 Å². The van der Waals surface area contributed by atoms with Crippen LogP contribution < -0.4 is 14.8 Å². The van der Waals surface area contributed by atoms with Crippen LogP contribution in [0.4, 0.5) is 0 Å². The zero-order chi connectivity index (χ0) is 19.6. The largest absolute Gasteiger partial charge is 0.495 e. The second-order valence-corrected chi connectivity index (χ2v) is 8.71. The summed E-state index contributed by atoms with van der Waals surface area (Å²) in [5, 5.41) is 2.79. The summed E-state index contributed by atoms with van der Waals surface area (Å²) in [5.74, 6) is -0.511. The first-order valence-corrected chi connectivity index (χ1v) is 10.5. The van der Waals surface area contributed by atoms with Gasteiger partial charge in [0.05, 0.1) is 12.7 Å². The third-order valence-electron chi connectivity index (χ3n) is 4.64. The summed E-state index contributed by atoms with van der Waals surface area (Å²) in [7, 11) is -2.45. The molecule has 3 rings (SSSR count). The van der Waals surface area contributed by atoms with Gasteiger partial charge in [0.25, 0.3) is 5.91 Å². The van der Waals surface area contributed by atoms with Gasteiger partial charge in [-0.3, -0.25) is 4.79 Å². The van der Waals surface area contributed by atoms with Crippen molar-refractivity contribution in [2.75, 3.05) is 13.7 Å². The molecule has 0 aromatic heterocycles. The summed E-state index contributed by atoms with van der Waals surface area (Å²) in [4.78, 5) is 24.0. The van der Waals surface area contributed by atoms with Gasteiger partial charge in [0.2, 0.25) is 10.0 Å². The molecular formula is C18H24N2O6S. The van der Waals surface area contributed by atoms with Gasteiger partial charge in [-0.25, -0.2) is 17.9 Å². The molecule has 2 aliphatic rings. The van der Waals surface area contributed by atoms with E-state index in [0.29, 0.717) is 5.92 Å². The van der Waals surface area contributed by atoms with Gasteiger partial charge in [0.15, 0.2) is 6.61 Å². The Morgan fingerprint density at radius 3 is 2.52 bits per heavy atom. The molecule has 1 aromatic rings. The zero-order valence-electron chi connectivity index (χ0n) is 15.4. The van der Waals surface area contributed by atoms with E-state index in [1.54, 1.807) is 0 Å². The van der Waals surface area contributed by atoms with Crippen molar-refractivity contribution in [2.45, 2.75) is 49.6 Å². The van der Waals surface area contributed by atoms with Crippen LogP contribution in [0.2, 0.25) is 0 Å². The second kappa shape index (κ2) is 7.85. The minimum atomic E-state index is -3.81. The molecule has 148 valence electrons. The fourth-order valence-corrected chi connectivity index (χ4v) is 4.22. The van der Waals surface area contributed by atoms with Crippen LogP contribution in [0.3, 0.4) is 0 Å². The molecule has 9 heteroatoms. The zero-order valence-corrected chi connectivity index (χ0v) is 16.2.